The van der Waals surface area contributed by atoms with E-state index in [1.807, 2.05) is 0 Å². The van der Waals surface area contributed by atoms with E-state index in [0.717, 1.165) is 0 Å². The lowest BCUT2D eigenvalue weighted by molar-refractivity contribution is 0.174. The maximum Gasteiger partial charge on any atom is 0.231 e. The van der Waals surface area contributed by atoms with Gasteiger partial charge in [-0.2, -0.15) is 0 Å². The van der Waals surface area contributed by atoms with Crippen molar-refractivity contribution in [2.75, 3.05) is 20.5 Å². The number of aliphatic hydroxyl groups is 1. The fraction of sp³-hybridized carbons (Fsp3) is 0.400. The molecular formula is C10H13NO4. The van der Waals surface area contributed by atoms with Gasteiger partial charge < -0.3 is 25.1 Å². The van der Waals surface area contributed by atoms with Crippen LogP contribution in [0.3, 0.4) is 0 Å². The minimum Gasteiger partial charge on any atom is -0.496 e. The van der Waals surface area contributed by atoms with Gasteiger partial charge in [0, 0.05) is 11.6 Å². The van der Waals surface area contributed by atoms with Crippen LogP contribution in [0.5, 0.6) is 17.2 Å². The summed E-state index contributed by atoms with van der Waals surface area (Å²) in [4.78, 5) is 0. The van der Waals surface area contributed by atoms with Crippen molar-refractivity contribution in [3.8, 4) is 17.2 Å². The number of rotatable bonds is 3. The van der Waals surface area contributed by atoms with Gasteiger partial charge in [0.05, 0.1) is 19.8 Å². The van der Waals surface area contributed by atoms with Crippen LogP contribution in [0.4, 0.5) is 0 Å². The molecular weight excluding hydrogens is 198 g/mol. The highest BCUT2D eigenvalue weighted by atomic mass is 16.7. The summed E-state index contributed by atoms with van der Waals surface area (Å²) in [6.07, 6.45) is 0. The van der Waals surface area contributed by atoms with Crippen LogP contribution in [0.1, 0.15) is 11.6 Å². The Morgan fingerprint density at radius 2 is 2.13 bits per heavy atom. The van der Waals surface area contributed by atoms with Crippen LogP contribution in [-0.2, 0) is 0 Å². The second-order valence-corrected chi connectivity index (χ2v) is 3.24. The highest BCUT2D eigenvalue weighted by Crippen LogP contribution is 2.39. The molecule has 0 spiro atoms. The van der Waals surface area contributed by atoms with E-state index in [0.29, 0.717) is 22.8 Å². The molecule has 1 aromatic carbocycles. The van der Waals surface area contributed by atoms with E-state index in [1.165, 1.54) is 0 Å². The maximum atomic E-state index is 9.00. The van der Waals surface area contributed by atoms with E-state index >= 15 is 0 Å². The maximum absolute atomic E-state index is 9.00. The van der Waals surface area contributed by atoms with Gasteiger partial charge in [-0.1, -0.05) is 0 Å². The van der Waals surface area contributed by atoms with Gasteiger partial charge in [-0.3, -0.25) is 0 Å². The lowest BCUT2D eigenvalue weighted by Gasteiger charge is -2.14. The van der Waals surface area contributed by atoms with Gasteiger partial charge in [0.15, 0.2) is 11.5 Å². The van der Waals surface area contributed by atoms with Crippen LogP contribution < -0.4 is 19.9 Å². The molecule has 0 aromatic heterocycles. The minimum atomic E-state index is -0.477. The number of aliphatic hydroxyl groups excluding tert-OH is 1. The minimum absolute atomic E-state index is 0.143. The normalized spacial score (nSPS) is 15.1. The first kappa shape index (κ1) is 10.1. The average molecular weight is 211 g/mol. The predicted octanol–water partition coefficient (Wildman–Crippen LogP) is 0.416. The number of fused-ring (bicyclic) bond motifs is 1. The summed E-state index contributed by atoms with van der Waals surface area (Å²) < 4.78 is 15.6. The van der Waals surface area contributed by atoms with Crippen LogP contribution in [0, 0.1) is 0 Å². The number of nitrogens with two attached hydrogens (primary N) is 1. The smallest absolute Gasteiger partial charge is 0.231 e. The van der Waals surface area contributed by atoms with Gasteiger partial charge in [-0.05, 0) is 6.07 Å². The highest BCUT2D eigenvalue weighted by molar-refractivity contribution is 5.52. The molecule has 0 bridgehead atoms. The predicted molar refractivity (Wildman–Crippen MR) is 53.1 cm³/mol. The molecule has 1 atom stereocenters. The van der Waals surface area contributed by atoms with Gasteiger partial charge in [0.25, 0.3) is 0 Å². The molecule has 82 valence electrons. The van der Waals surface area contributed by atoms with Gasteiger partial charge >= 0.3 is 0 Å². The topological polar surface area (TPSA) is 73.9 Å². The molecule has 1 aliphatic rings. The summed E-state index contributed by atoms with van der Waals surface area (Å²) in [5, 5.41) is 9.00. The Bertz CT molecular complexity index is 367. The zero-order valence-corrected chi connectivity index (χ0v) is 8.40. The molecule has 1 heterocycles. The number of benzene rings is 1. The molecule has 1 aliphatic heterocycles. The Morgan fingerprint density at radius 3 is 2.73 bits per heavy atom. The van der Waals surface area contributed by atoms with Crippen LogP contribution in [0.25, 0.3) is 0 Å². The molecule has 15 heavy (non-hydrogen) atoms. The van der Waals surface area contributed by atoms with Crippen LogP contribution in [0.2, 0.25) is 0 Å². The van der Waals surface area contributed by atoms with Gasteiger partial charge in [0.1, 0.15) is 5.75 Å². The van der Waals surface area contributed by atoms with Crippen molar-refractivity contribution in [1.29, 1.82) is 0 Å². The number of ether oxygens (including phenoxy) is 3. The summed E-state index contributed by atoms with van der Waals surface area (Å²) in [5.74, 6) is 1.87. The molecule has 5 heteroatoms. The second-order valence-electron chi connectivity index (χ2n) is 3.24. The van der Waals surface area contributed by atoms with Crippen LogP contribution in [0.15, 0.2) is 12.1 Å². The Kier molecular flexibility index (Phi) is 2.66. The molecule has 0 fully saturated rings. The first-order chi connectivity index (χ1) is 7.26. The van der Waals surface area contributed by atoms with Crippen molar-refractivity contribution in [1.82, 2.24) is 0 Å². The van der Waals surface area contributed by atoms with E-state index in [2.05, 4.69) is 0 Å². The molecule has 0 radical (unpaired) electrons. The second kappa shape index (κ2) is 3.96. The molecule has 0 saturated carbocycles. The third-order valence-corrected chi connectivity index (χ3v) is 2.32. The fourth-order valence-corrected chi connectivity index (χ4v) is 1.50. The van der Waals surface area contributed by atoms with E-state index in [4.69, 9.17) is 25.1 Å². The molecule has 2 rings (SSSR count). The first-order valence-electron chi connectivity index (χ1n) is 4.60. The zero-order valence-electron chi connectivity index (χ0n) is 8.40. The summed E-state index contributed by atoms with van der Waals surface area (Å²) >= 11 is 0. The number of hydrogen-bond donors (Lipinski definition) is 2. The molecule has 1 unspecified atom stereocenters. The summed E-state index contributed by atoms with van der Waals surface area (Å²) in [6.45, 7) is 0.0618. The zero-order chi connectivity index (χ0) is 10.8. The van der Waals surface area contributed by atoms with Crippen LogP contribution >= 0.6 is 0 Å². The Hall–Kier alpha value is -1.46. The van der Waals surface area contributed by atoms with Gasteiger partial charge in [-0.25, -0.2) is 0 Å². The van der Waals surface area contributed by atoms with Crippen LogP contribution in [-0.4, -0.2) is 25.6 Å². The van der Waals surface area contributed by atoms with Crippen molar-refractivity contribution in [2.24, 2.45) is 5.73 Å². The third-order valence-electron chi connectivity index (χ3n) is 2.32. The first-order valence-corrected chi connectivity index (χ1v) is 4.60. The Balaban J connectivity index is 2.44. The molecule has 3 N–H and O–H groups in total. The molecule has 0 amide bonds. The van der Waals surface area contributed by atoms with Gasteiger partial charge in [-0.15, -0.1) is 0 Å². The fourth-order valence-electron chi connectivity index (χ4n) is 1.50. The quantitative estimate of drug-likeness (QED) is 0.757. The Morgan fingerprint density at radius 1 is 1.47 bits per heavy atom. The number of methoxy groups -OCH3 is 1. The number of hydrogen-bond acceptors (Lipinski definition) is 5. The van der Waals surface area contributed by atoms with E-state index in [1.54, 1.807) is 19.2 Å². The van der Waals surface area contributed by atoms with E-state index in [9.17, 15) is 0 Å². The molecule has 1 aromatic rings. The third kappa shape index (κ3) is 1.71. The summed E-state index contributed by atoms with van der Waals surface area (Å²) in [6, 6.07) is 2.98. The largest absolute Gasteiger partial charge is 0.496 e. The van der Waals surface area contributed by atoms with Crippen molar-refractivity contribution >= 4 is 0 Å². The Labute approximate surface area is 87.4 Å². The van der Waals surface area contributed by atoms with Crippen molar-refractivity contribution < 1.29 is 19.3 Å². The summed E-state index contributed by atoms with van der Waals surface area (Å²) in [5.41, 5.74) is 6.45. The lowest BCUT2D eigenvalue weighted by Crippen LogP contribution is -2.15. The van der Waals surface area contributed by atoms with Crippen molar-refractivity contribution in [3.63, 3.8) is 0 Å². The van der Waals surface area contributed by atoms with E-state index in [-0.39, 0.29) is 13.4 Å². The van der Waals surface area contributed by atoms with Crippen molar-refractivity contribution in [3.05, 3.63) is 17.7 Å². The van der Waals surface area contributed by atoms with Crippen molar-refractivity contribution in [2.45, 2.75) is 6.04 Å². The average Bonchev–Trinajstić information content (AvgIpc) is 2.73. The SMILES string of the molecule is COc1cc2c(cc1C(N)CO)OCO2. The lowest BCUT2D eigenvalue weighted by atomic mass is 10.1. The molecule has 5 nitrogen and oxygen atoms in total. The highest BCUT2D eigenvalue weighted by Gasteiger charge is 2.20. The molecule has 0 saturated heterocycles. The standard InChI is InChI=1S/C10H13NO4/c1-13-8-3-10-9(14-5-15-10)2-6(8)7(11)4-12/h2-3,7,12H,4-5,11H2,1H3. The summed E-state index contributed by atoms with van der Waals surface area (Å²) in [7, 11) is 1.55. The van der Waals surface area contributed by atoms with Gasteiger partial charge in [0.2, 0.25) is 6.79 Å². The monoisotopic (exact) mass is 211 g/mol. The molecule has 0 aliphatic carbocycles. The van der Waals surface area contributed by atoms with E-state index < -0.39 is 6.04 Å².